The zero-order valence-electron chi connectivity index (χ0n) is 15.4. The van der Waals surface area contributed by atoms with Crippen LogP contribution in [-0.2, 0) is 6.54 Å². The minimum absolute atomic E-state index is 0.196. The quantitative estimate of drug-likeness (QED) is 0.872. The number of nitrogens with zero attached hydrogens (tertiary/aromatic N) is 2. The van der Waals surface area contributed by atoms with Gasteiger partial charge in [-0.15, -0.1) is 0 Å². The van der Waals surface area contributed by atoms with E-state index in [4.69, 9.17) is 0 Å². The van der Waals surface area contributed by atoms with Gasteiger partial charge in [0.1, 0.15) is 0 Å². The maximum Gasteiger partial charge on any atom is 0.223 e. The molecule has 1 aliphatic heterocycles. The van der Waals surface area contributed by atoms with Gasteiger partial charge in [-0.3, -0.25) is 14.6 Å². The number of aromatic nitrogens is 1. The molecular formula is C21H29N3O2. The third-order valence-corrected chi connectivity index (χ3v) is 8.83. The average molecular weight is 355 g/mol. The van der Waals surface area contributed by atoms with Crippen molar-refractivity contribution in [1.82, 2.24) is 14.8 Å². The van der Waals surface area contributed by atoms with Crippen molar-refractivity contribution in [2.45, 2.75) is 50.6 Å². The van der Waals surface area contributed by atoms with Crippen molar-refractivity contribution in [1.29, 1.82) is 0 Å². The molecule has 26 heavy (non-hydrogen) atoms. The van der Waals surface area contributed by atoms with Crippen LogP contribution in [0.5, 0.6) is 5.75 Å². The van der Waals surface area contributed by atoms with E-state index in [-0.39, 0.29) is 11.2 Å². The third-order valence-electron chi connectivity index (χ3n) is 8.83. The number of hydrogen-bond donors (Lipinski definition) is 2. The molecule has 2 N–H and O–H groups in total. The summed E-state index contributed by atoms with van der Waals surface area (Å²) >= 11 is 0. The summed E-state index contributed by atoms with van der Waals surface area (Å²) in [4.78, 5) is 20.0. The van der Waals surface area contributed by atoms with E-state index in [1.165, 1.54) is 63.9 Å². The molecule has 4 aliphatic carbocycles. The molecule has 4 saturated carbocycles. The molecule has 3 bridgehead atoms. The largest absolute Gasteiger partial charge is 0.503 e. The fourth-order valence-corrected chi connectivity index (χ4v) is 8.08. The van der Waals surface area contributed by atoms with Crippen LogP contribution in [0.2, 0.25) is 0 Å². The monoisotopic (exact) mass is 355 g/mol. The van der Waals surface area contributed by atoms with Gasteiger partial charge in [-0.25, -0.2) is 0 Å². The van der Waals surface area contributed by atoms with Crippen LogP contribution in [0.3, 0.4) is 0 Å². The lowest BCUT2D eigenvalue weighted by molar-refractivity contribution is -0.146. The molecule has 1 aromatic heterocycles. The predicted molar refractivity (Wildman–Crippen MR) is 98.9 cm³/mol. The van der Waals surface area contributed by atoms with Gasteiger partial charge in [0, 0.05) is 56.2 Å². The first kappa shape index (κ1) is 15.7. The zero-order chi connectivity index (χ0) is 17.5. The van der Waals surface area contributed by atoms with Gasteiger partial charge >= 0.3 is 0 Å². The average Bonchev–Trinajstić information content (AvgIpc) is 2.94. The van der Waals surface area contributed by atoms with Gasteiger partial charge in [-0.1, -0.05) is 0 Å². The van der Waals surface area contributed by atoms with Gasteiger partial charge < -0.3 is 10.1 Å². The van der Waals surface area contributed by atoms with Gasteiger partial charge in [0.25, 0.3) is 0 Å². The van der Waals surface area contributed by atoms with E-state index >= 15 is 0 Å². The number of pyridine rings is 1. The van der Waals surface area contributed by atoms with Crippen molar-refractivity contribution in [2.24, 2.45) is 23.2 Å². The molecule has 2 heterocycles. The van der Waals surface area contributed by atoms with Crippen molar-refractivity contribution in [2.75, 3.05) is 26.2 Å². The highest BCUT2D eigenvalue weighted by molar-refractivity contribution is 5.28. The molecule has 5 heteroatoms. The molecular weight excluding hydrogens is 326 g/mol. The van der Waals surface area contributed by atoms with Crippen LogP contribution < -0.4 is 5.43 Å². The maximum atomic E-state index is 11.6. The molecule has 0 radical (unpaired) electrons. The Kier molecular flexibility index (Phi) is 3.10. The molecule has 5 fully saturated rings. The predicted octanol–water partition coefficient (Wildman–Crippen LogP) is 2.17. The number of fused-ring (bicyclic) bond motifs is 2. The zero-order valence-corrected chi connectivity index (χ0v) is 15.4. The Morgan fingerprint density at radius 1 is 1.08 bits per heavy atom. The molecule has 5 atom stereocenters. The summed E-state index contributed by atoms with van der Waals surface area (Å²) in [5.41, 5.74) is 1.86. The van der Waals surface area contributed by atoms with Crippen LogP contribution in [0.1, 0.15) is 44.2 Å². The van der Waals surface area contributed by atoms with Gasteiger partial charge in [-0.05, 0) is 61.7 Å². The lowest BCUT2D eigenvalue weighted by Gasteiger charge is -2.65. The summed E-state index contributed by atoms with van der Waals surface area (Å²) in [6, 6.07) is 1.54. The van der Waals surface area contributed by atoms with E-state index in [1.54, 1.807) is 0 Å². The lowest BCUT2D eigenvalue weighted by Crippen LogP contribution is -2.69. The summed E-state index contributed by atoms with van der Waals surface area (Å²) in [6.45, 7) is 5.29. The molecule has 5 aliphatic rings. The van der Waals surface area contributed by atoms with Gasteiger partial charge in [0.05, 0.1) is 0 Å². The highest BCUT2D eigenvalue weighted by atomic mass is 16.3. The lowest BCUT2D eigenvalue weighted by atomic mass is 9.50. The number of aromatic hydroxyl groups is 1. The van der Waals surface area contributed by atoms with E-state index < -0.39 is 0 Å². The van der Waals surface area contributed by atoms with Crippen LogP contribution in [0.15, 0.2) is 17.1 Å². The first-order valence-corrected chi connectivity index (χ1v) is 10.5. The molecule has 1 aromatic rings. The molecule has 5 unspecified atom stereocenters. The normalized spacial score (nSPS) is 44.2. The molecule has 0 amide bonds. The number of piperazine rings is 1. The van der Waals surface area contributed by atoms with Crippen molar-refractivity contribution in [3.8, 4) is 5.75 Å². The first-order chi connectivity index (χ1) is 12.6. The second kappa shape index (κ2) is 5.14. The summed E-state index contributed by atoms with van der Waals surface area (Å²) in [5.74, 6) is 2.91. The minimum Gasteiger partial charge on any atom is -0.503 e. The van der Waals surface area contributed by atoms with Crippen molar-refractivity contribution < 1.29 is 5.11 Å². The van der Waals surface area contributed by atoms with Crippen LogP contribution in [0, 0.1) is 23.2 Å². The molecule has 1 saturated heterocycles. The number of hydrogen-bond acceptors (Lipinski definition) is 4. The van der Waals surface area contributed by atoms with Crippen molar-refractivity contribution >= 4 is 0 Å². The van der Waals surface area contributed by atoms with Crippen LogP contribution in [-0.4, -0.2) is 51.6 Å². The fraction of sp³-hybridized carbons (Fsp3) is 0.762. The van der Waals surface area contributed by atoms with E-state index in [1.807, 2.05) is 0 Å². The number of rotatable bonds is 3. The standard InChI is InChI=1S/C21H29N3O2/c25-18-7-17(22-12-19(18)26)13-23-1-3-24(4-2-23)21-10-15-5-14-6-16(11-21)20(21,8-14)9-15/h7,12,14-16,26H,1-6,8-11,13H2,(H,22,25). The summed E-state index contributed by atoms with van der Waals surface area (Å²) in [7, 11) is 0. The smallest absolute Gasteiger partial charge is 0.223 e. The molecule has 0 aromatic carbocycles. The van der Waals surface area contributed by atoms with Crippen LogP contribution >= 0.6 is 0 Å². The summed E-state index contributed by atoms with van der Waals surface area (Å²) in [6.07, 6.45) is 10.5. The molecule has 140 valence electrons. The number of nitrogens with one attached hydrogen (secondary N) is 1. The Labute approximate surface area is 154 Å². The Balaban J connectivity index is 1.15. The van der Waals surface area contributed by atoms with E-state index in [0.29, 0.717) is 11.0 Å². The van der Waals surface area contributed by atoms with E-state index in [0.717, 1.165) is 43.1 Å². The molecule has 5 nitrogen and oxygen atoms in total. The van der Waals surface area contributed by atoms with Crippen LogP contribution in [0.25, 0.3) is 0 Å². The maximum absolute atomic E-state index is 11.6. The fourth-order valence-electron chi connectivity index (χ4n) is 8.08. The Hall–Kier alpha value is -1.33. The van der Waals surface area contributed by atoms with E-state index in [9.17, 15) is 9.90 Å². The highest BCUT2D eigenvalue weighted by Crippen LogP contribution is 2.78. The topological polar surface area (TPSA) is 59.6 Å². The molecule has 1 spiro atoms. The number of aromatic amines is 1. The third kappa shape index (κ3) is 1.91. The van der Waals surface area contributed by atoms with Gasteiger partial charge in [-0.2, -0.15) is 0 Å². The Morgan fingerprint density at radius 3 is 2.69 bits per heavy atom. The Bertz CT molecular complexity index is 793. The van der Waals surface area contributed by atoms with Gasteiger partial charge in [0.2, 0.25) is 5.43 Å². The minimum atomic E-state index is -0.287. The van der Waals surface area contributed by atoms with E-state index in [2.05, 4.69) is 14.8 Å². The summed E-state index contributed by atoms with van der Waals surface area (Å²) in [5, 5.41) is 9.40. The van der Waals surface area contributed by atoms with Crippen LogP contribution in [0.4, 0.5) is 0 Å². The number of H-pyrrole nitrogens is 1. The Morgan fingerprint density at radius 2 is 1.88 bits per heavy atom. The van der Waals surface area contributed by atoms with Gasteiger partial charge in [0.15, 0.2) is 5.75 Å². The second-order valence-corrected chi connectivity index (χ2v) is 9.88. The SMILES string of the molecule is O=c1cc(CN2CCN(C34CC5CC6CC(C3)C4(C6)C5)CC2)[nH]cc1O. The molecule has 6 rings (SSSR count). The first-order valence-electron chi connectivity index (χ1n) is 10.5. The summed E-state index contributed by atoms with van der Waals surface area (Å²) < 4.78 is 0. The second-order valence-electron chi connectivity index (χ2n) is 9.88. The van der Waals surface area contributed by atoms with Crippen molar-refractivity contribution in [3.63, 3.8) is 0 Å². The highest BCUT2D eigenvalue weighted by Gasteiger charge is 2.75. The van der Waals surface area contributed by atoms with Crippen molar-refractivity contribution in [3.05, 3.63) is 28.2 Å².